The first-order chi connectivity index (χ1) is 13.0. The largest absolute Gasteiger partial charge is 0.339 e. The van der Waals surface area contributed by atoms with Gasteiger partial charge in [-0.05, 0) is 37.8 Å². The zero-order valence-corrected chi connectivity index (χ0v) is 16.4. The van der Waals surface area contributed by atoms with Gasteiger partial charge in [0.1, 0.15) is 0 Å². The summed E-state index contributed by atoms with van der Waals surface area (Å²) in [6, 6.07) is 9.51. The van der Waals surface area contributed by atoms with Gasteiger partial charge in [-0.15, -0.1) is 0 Å². The van der Waals surface area contributed by atoms with Crippen LogP contribution < -0.4 is 4.90 Å². The lowest BCUT2D eigenvalue weighted by Crippen LogP contribution is -2.31. The van der Waals surface area contributed by atoms with Crippen LogP contribution in [-0.2, 0) is 13.0 Å². The summed E-state index contributed by atoms with van der Waals surface area (Å²) in [7, 11) is 3.56. The molecule has 0 N–H and O–H groups in total. The Morgan fingerprint density at radius 2 is 1.85 bits per heavy atom. The van der Waals surface area contributed by atoms with Gasteiger partial charge in [-0.3, -0.25) is 9.59 Å². The number of imidazole rings is 1. The van der Waals surface area contributed by atoms with E-state index in [-0.39, 0.29) is 11.8 Å². The summed E-state index contributed by atoms with van der Waals surface area (Å²) < 4.78 is 1.96. The number of carbonyl (C=O) groups is 2. The number of nitrogens with zero attached hydrogens (tertiary/aromatic N) is 4. The van der Waals surface area contributed by atoms with Crippen LogP contribution in [0.4, 0.5) is 5.69 Å². The van der Waals surface area contributed by atoms with Crippen LogP contribution in [0.1, 0.15) is 59.4 Å². The van der Waals surface area contributed by atoms with Crippen molar-refractivity contribution in [2.24, 2.45) is 0 Å². The molecule has 2 amide bonds. The van der Waals surface area contributed by atoms with E-state index in [0.29, 0.717) is 18.1 Å². The molecule has 0 unspecified atom stereocenters. The van der Waals surface area contributed by atoms with Gasteiger partial charge in [-0.2, -0.15) is 0 Å². The number of hydrogen-bond donors (Lipinski definition) is 0. The molecule has 0 saturated heterocycles. The molecule has 3 rings (SSSR count). The van der Waals surface area contributed by atoms with Crippen molar-refractivity contribution in [3.8, 4) is 0 Å². The van der Waals surface area contributed by atoms with E-state index >= 15 is 0 Å². The first-order valence-electron chi connectivity index (χ1n) is 9.72. The van der Waals surface area contributed by atoms with Crippen LogP contribution in [-0.4, -0.2) is 46.9 Å². The Morgan fingerprint density at radius 1 is 1.11 bits per heavy atom. The maximum atomic E-state index is 13.1. The van der Waals surface area contributed by atoms with Gasteiger partial charge in [0.15, 0.2) is 11.5 Å². The minimum Gasteiger partial charge on any atom is -0.339 e. The molecule has 1 aromatic carbocycles. The highest BCUT2D eigenvalue weighted by Crippen LogP contribution is 2.24. The van der Waals surface area contributed by atoms with Crippen LogP contribution in [0.15, 0.2) is 30.3 Å². The highest BCUT2D eigenvalue weighted by Gasteiger charge is 2.30. The second-order valence-corrected chi connectivity index (χ2v) is 7.12. The van der Waals surface area contributed by atoms with Crippen molar-refractivity contribution in [3.63, 3.8) is 0 Å². The minimum absolute atomic E-state index is 0.104. The number of hydrogen-bond acceptors (Lipinski definition) is 3. The predicted octanol–water partition coefficient (Wildman–Crippen LogP) is 3.37. The van der Waals surface area contributed by atoms with E-state index in [1.165, 1.54) is 0 Å². The fourth-order valence-electron chi connectivity index (χ4n) is 3.47. The Hall–Kier alpha value is -2.63. The molecular formula is C21H28N4O2. The van der Waals surface area contributed by atoms with Crippen LogP contribution in [0.3, 0.4) is 0 Å². The topological polar surface area (TPSA) is 58.4 Å². The van der Waals surface area contributed by atoms with Crippen LogP contribution in [0.2, 0.25) is 0 Å². The Kier molecular flexibility index (Phi) is 5.94. The van der Waals surface area contributed by atoms with E-state index in [2.05, 4.69) is 11.9 Å². The third-order valence-corrected chi connectivity index (χ3v) is 5.15. The molecule has 144 valence electrons. The van der Waals surface area contributed by atoms with Crippen molar-refractivity contribution >= 4 is 17.5 Å². The first-order valence-corrected chi connectivity index (χ1v) is 9.72. The van der Waals surface area contributed by atoms with Gasteiger partial charge in [-0.25, -0.2) is 4.98 Å². The summed E-state index contributed by atoms with van der Waals surface area (Å²) >= 11 is 0. The average molecular weight is 368 g/mol. The van der Waals surface area contributed by atoms with Crippen LogP contribution >= 0.6 is 0 Å². The van der Waals surface area contributed by atoms with Crippen molar-refractivity contribution in [1.82, 2.24) is 14.5 Å². The smallest absolute Gasteiger partial charge is 0.289 e. The molecule has 1 aliphatic rings. The van der Waals surface area contributed by atoms with E-state index in [4.69, 9.17) is 0 Å². The lowest BCUT2D eigenvalue weighted by Gasteiger charge is -2.21. The maximum absolute atomic E-state index is 13.1. The van der Waals surface area contributed by atoms with Crippen LogP contribution in [0.5, 0.6) is 0 Å². The molecule has 0 bridgehead atoms. The Morgan fingerprint density at radius 3 is 2.56 bits per heavy atom. The Labute approximate surface area is 160 Å². The number of para-hydroxylation sites is 1. The number of rotatable bonds is 6. The van der Waals surface area contributed by atoms with Crippen molar-refractivity contribution < 1.29 is 9.59 Å². The lowest BCUT2D eigenvalue weighted by atomic mass is 10.1. The summed E-state index contributed by atoms with van der Waals surface area (Å²) in [4.78, 5) is 33.9. The van der Waals surface area contributed by atoms with Gasteiger partial charge in [0.25, 0.3) is 11.8 Å². The average Bonchev–Trinajstić information content (AvgIpc) is 3.10. The zero-order valence-electron chi connectivity index (χ0n) is 16.4. The summed E-state index contributed by atoms with van der Waals surface area (Å²) in [5.41, 5.74) is 2.11. The number of benzene rings is 1. The second-order valence-electron chi connectivity index (χ2n) is 7.12. The summed E-state index contributed by atoms with van der Waals surface area (Å²) in [5.74, 6) is 0.128. The van der Waals surface area contributed by atoms with E-state index in [0.717, 1.165) is 50.0 Å². The summed E-state index contributed by atoms with van der Waals surface area (Å²) in [6.45, 7) is 3.55. The fourth-order valence-corrected chi connectivity index (χ4v) is 3.47. The zero-order chi connectivity index (χ0) is 19.4. The molecule has 0 atom stereocenters. The van der Waals surface area contributed by atoms with Gasteiger partial charge >= 0.3 is 0 Å². The quantitative estimate of drug-likeness (QED) is 0.785. The van der Waals surface area contributed by atoms with Gasteiger partial charge in [-0.1, -0.05) is 31.5 Å². The summed E-state index contributed by atoms with van der Waals surface area (Å²) in [6.07, 6.45) is 4.79. The predicted molar refractivity (Wildman–Crippen MR) is 106 cm³/mol. The number of carbonyl (C=O) groups excluding carboxylic acids is 2. The standard InChI is InChI=1S/C21H28N4O2/c1-4-5-14-23(2)21(27)19-22-18(17-13-9-10-15-25(17)19)20(26)24(3)16-11-7-6-8-12-16/h6-8,11-12H,4-5,9-10,13-15H2,1-3H3. The molecule has 0 radical (unpaired) electrons. The maximum Gasteiger partial charge on any atom is 0.289 e. The Balaban J connectivity index is 1.93. The van der Waals surface area contributed by atoms with Gasteiger partial charge in [0, 0.05) is 32.9 Å². The molecule has 2 aromatic rings. The molecule has 1 aliphatic heterocycles. The molecule has 0 spiro atoms. The second kappa shape index (κ2) is 8.37. The minimum atomic E-state index is -0.165. The number of anilines is 1. The van der Waals surface area contributed by atoms with E-state index in [1.54, 1.807) is 23.9 Å². The van der Waals surface area contributed by atoms with Crippen molar-refractivity contribution in [1.29, 1.82) is 0 Å². The fraction of sp³-hybridized carbons (Fsp3) is 0.476. The highest BCUT2D eigenvalue weighted by atomic mass is 16.2. The highest BCUT2D eigenvalue weighted by molar-refractivity contribution is 6.06. The molecular weight excluding hydrogens is 340 g/mol. The molecule has 6 heteroatoms. The molecule has 0 fully saturated rings. The van der Waals surface area contributed by atoms with Crippen molar-refractivity contribution in [2.45, 2.75) is 45.6 Å². The number of fused-ring (bicyclic) bond motifs is 1. The SMILES string of the molecule is CCCCN(C)C(=O)c1nc(C(=O)N(C)c2ccccc2)c2n1CCCC2. The van der Waals surface area contributed by atoms with Gasteiger partial charge < -0.3 is 14.4 Å². The Bertz CT molecular complexity index is 813. The van der Waals surface area contributed by atoms with Crippen LogP contribution in [0.25, 0.3) is 0 Å². The van der Waals surface area contributed by atoms with Crippen molar-refractivity contribution in [2.75, 3.05) is 25.5 Å². The third-order valence-electron chi connectivity index (χ3n) is 5.15. The molecule has 2 heterocycles. The molecule has 27 heavy (non-hydrogen) atoms. The molecule has 0 aliphatic carbocycles. The van der Waals surface area contributed by atoms with E-state index < -0.39 is 0 Å². The number of amides is 2. The number of unbranched alkanes of at least 4 members (excludes halogenated alkanes) is 1. The van der Waals surface area contributed by atoms with Gasteiger partial charge in [0.05, 0.1) is 5.69 Å². The summed E-state index contributed by atoms with van der Waals surface area (Å²) in [5, 5.41) is 0. The van der Waals surface area contributed by atoms with Crippen molar-refractivity contribution in [3.05, 3.63) is 47.5 Å². The number of aromatic nitrogens is 2. The molecule has 1 aromatic heterocycles. The third kappa shape index (κ3) is 3.89. The van der Waals surface area contributed by atoms with Gasteiger partial charge in [0.2, 0.25) is 0 Å². The normalized spacial score (nSPS) is 13.1. The molecule has 6 nitrogen and oxygen atoms in total. The first kappa shape index (κ1) is 19.1. The van der Waals surface area contributed by atoms with Crippen LogP contribution in [0, 0.1) is 0 Å². The van der Waals surface area contributed by atoms with E-state index in [9.17, 15) is 9.59 Å². The van der Waals surface area contributed by atoms with E-state index in [1.807, 2.05) is 34.9 Å². The molecule has 0 saturated carbocycles. The monoisotopic (exact) mass is 368 g/mol. The lowest BCUT2D eigenvalue weighted by molar-refractivity contribution is 0.0775.